The van der Waals surface area contributed by atoms with E-state index in [4.69, 9.17) is 5.26 Å². The summed E-state index contributed by atoms with van der Waals surface area (Å²) in [6.45, 7) is 0.0204. The summed E-state index contributed by atoms with van der Waals surface area (Å²) in [4.78, 5) is 26.0. The number of nitriles is 1. The van der Waals surface area contributed by atoms with E-state index in [9.17, 15) is 19.8 Å². The molecule has 1 aliphatic rings. The first-order chi connectivity index (χ1) is 12.0. The molecule has 0 aromatic heterocycles. The lowest BCUT2D eigenvalue weighted by Crippen LogP contribution is -2.27. The zero-order valence-electron chi connectivity index (χ0n) is 12.8. The summed E-state index contributed by atoms with van der Waals surface area (Å²) >= 11 is 0.791. The zero-order chi connectivity index (χ0) is 18.0. The minimum Gasteiger partial charge on any atom is -0.504 e. The Morgan fingerprint density at radius 2 is 1.88 bits per heavy atom. The quantitative estimate of drug-likeness (QED) is 0.650. The third-order valence-corrected chi connectivity index (χ3v) is 4.54. The fourth-order valence-electron chi connectivity index (χ4n) is 2.36. The molecule has 2 aromatic rings. The Labute approximate surface area is 147 Å². The Bertz CT molecular complexity index is 946. The lowest BCUT2D eigenvalue weighted by molar-refractivity contribution is -0.123. The van der Waals surface area contributed by atoms with Crippen LogP contribution in [-0.2, 0) is 11.3 Å². The zero-order valence-corrected chi connectivity index (χ0v) is 13.7. The number of carbonyl (C=O) groups excluding carboxylic acids is 2. The van der Waals surface area contributed by atoms with Crippen LogP contribution in [0.1, 0.15) is 16.7 Å². The number of hydrogen-bond acceptors (Lipinski definition) is 6. The van der Waals surface area contributed by atoms with Crippen molar-refractivity contribution in [3.05, 3.63) is 64.1 Å². The molecule has 0 radical (unpaired) electrons. The van der Waals surface area contributed by atoms with Gasteiger partial charge < -0.3 is 10.2 Å². The highest BCUT2D eigenvalue weighted by molar-refractivity contribution is 8.18. The van der Waals surface area contributed by atoms with E-state index in [0.29, 0.717) is 16.7 Å². The number of thioether (sulfide) groups is 1. The van der Waals surface area contributed by atoms with E-state index in [0.717, 1.165) is 16.7 Å². The molecule has 7 heteroatoms. The van der Waals surface area contributed by atoms with E-state index in [1.54, 1.807) is 24.3 Å². The predicted molar refractivity (Wildman–Crippen MR) is 92.4 cm³/mol. The van der Waals surface area contributed by atoms with Gasteiger partial charge in [-0.2, -0.15) is 5.26 Å². The first kappa shape index (κ1) is 16.6. The fourth-order valence-corrected chi connectivity index (χ4v) is 3.19. The van der Waals surface area contributed by atoms with Crippen molar-refractivity contribution in [2.45, 2.75) is 6.54 Å². The van der Waals surface area contributed by atoms with Gasteiger partial charge in [0.05, 0.1) is 23.1 Å². The van der Waals surface area contributed by atoms with Crippen LogP contribution >= 0.6 is 11.8 Å². The van der Waals surface area contributed by atoms with E-state index >= 15 is 0 Å². The van der Waals surface area contributed by atoms with Gasteiger partial charge in [0.1, 0.15) is 0 Å². The Balaban J connectivity index is 1.86. The van der Waals surface area contributed by atoms with Gasteiger partial charge in [-0.3, -0.25) is 14.5 Å². The van der Waals surface area contributed by atoms with Gasteiger partial charge in [0.2, 0.25) is 0 Å². The van der Waals surface area contributed by atoms with Crippen LogP contribution < -0.4 is 0 Å². The molecular weight excluding hydrogens is 340 g/mol. The van der Waals surface area contributed by atoms with Crippen molar-refractivity contribution in [1.82, 2.24) is 4.90 Å². The molecule has 25 heavy (non-hydrogen) atoms. The van der Waals surface area contributed by atoms with Crippen LogP contribution in [0.5, 0.6) is 11.5 Å². The first-order valence-electron chi connectivity index (χ1n) is 7.25. The van der Waals surface area contributed by atoms with Gasteiger partial charge >= 0.3 is 0 Å². The molecule has 1 fully saturated rings. The highest BCUT2D eigenvalue weighted by Crippen LogP contribution is 2.34. The van der Waals surface area contributed by atoms with Crippen molar-refractivity contribution in [1.29, 1.82) is 5.26 Å². The lowest BCUT2D eigenvalue weighted by Gasteiger charge is -2.13. The summed E-state index contributed by atoms with van der Waals surface area (Å²) in [7, 11) is 0. The number of nitrogens with zero attached hydrogens (tertiary/aromatic N) is 2. The van der Waals surface area contributed by atoms with Crippen molar-refractivity contribution < 1.29 is 19.8 Å². The van der Waals surface area contributed by atoms with Crippen molar-refractivity contribution in [3.63, 3.8) is 0 Å². The molecule has 0 saturated carbocycles. The second kappa shape index (κ2) is 6.71. The Morgan fingerprint density at radius 1 is 1.12 bits per heavy atom. The summed E-state index contributed by atoms with van der Waals surface area (Å²) in [5.74, 6) is -1.04. The number of aromatic hydroxyl groups is 2. The number of phenols is 2. The van der Waals surface area contributed by atoms with Gasteiger partial charge in [0.15, 0.2) is 11.5 Å². The van der Waals surface area contributed by atoms with Gasteiger partial charge in [0.25, 0.3) is 11.1 Å². The maximum Gasteiger partial charge on any atom is 0.293 e. The van der Waals surface area contributed by atoms with E-state index < -0.39 is 11.1 Å². The maximum absolute atomic E-state index is 12.5. The lowest BCUT2D eigenvalue weighted by atomic mass is 10.1. The molecule has 0 atom stereocenters. The first-order valence-corrected chi connectivity index (χ1v) is 8.06. The summed E-state index contributed by atoms with van der Waals surface area (Å²) in [5, 5.41) is 27.5. The average Bonchev–Trinajstić information content (AvgIpc) is 2.86. The second-order valence-corrected chi connectivity index (χ2v) is 6.28. The van der Waals surface area contributed by atoms with Crippen molar-refractivity contribution in [3.8, 4) is 17.6 Å². The summed E-state index contributed by atoms with van der Waals surface area (Å²) < 4.78 is 0. The SMILES string of the molecule is N#Cc1ccccc1CN1C(=O)S/C(=C/c2ccc(O)c(O)c2)C1=O. The van der Waals surface area contributed by atoms with E-state index in [2.05, 4.69) is 0 Å². The molecule has 2 amide bonds. The Hall–Kier alpha value is -3.24. The van der Waals surface area contributed by atoms with Crippen LogP contribution in [0, 0.1) is 11.3 Å². The summed E-state index contributed by atoms with van der Waals surface area (Å²) in [6, 6.07) is 12.9. The van der Waals surface area contributed by atoms with Crippen LogP contribution in [-0.4, -0.2) is 26.3 Å². The molecule has 0 aliphatic carbocycles. The van der Waals surface area contributed by atoms with Crippen LogP contribution in [0.2, 0.25) is 0 Å². The molecule has 2 N–H and O–H groups in total. The van der Waals surface area contributed by atoms with Gasteiger partial charge in [-0.1, -0.05) is 24.3 Å². The molecular formula is C18H12N2O4S. The third-order valence-electron chi connectivity index (χ3n) is 3.64. The van der Waals surface area contributed by atoms with Crippen molar-refractivity contribution >= 4 is 29.0 Å². The highest BCUT2D eigenvalue weighted by atomic mass is 32.2. The number of carbonyl (C=O) groups is 2. The van der Waals surface area contributed by atoms with Crippen LogP contribution in [0.3, 0.4) is 0 Å². The molecule has 2 aromatic carbocycles. The van der Waals surface area contributed by atoms with Gasteiger partial charge in [0, 0.05) is 0 Å². The van der Waals surface area contributed by atoms with Gasteiger partial charge in [-0.05, 0) is 47.2 Å². The normalized spacial score (nSPS) is 15.6. The average molecular weight is 352 g/mol. The van der Waals surface area contributed by atoms with E-state index in [1.165, 1.54) is 24.3 Å². The molecule has 1 aliphatic heterocycles. The molecule has 3 rings (SSSR count). The minimum atomic E-state index is -0.463. The fraction of sp³-hybridized carbons (Fsp3) is 0.0556. The summed E-state index contributed by atoms with van der Waals surface area (Å²) in [6.07, 6.45) is 1.47. The molecule has 0 bridgehead atoms. The van der Waals surface area contributed by atoms with Crippen LogP contribution in [0.4, 0.5) is 4.79 Å². The van der Waals surface area contributed by atoms with Gasteiger partial charge in [-0.25, -0.2) is 0 Å². The van der Waals surface area contributed by atoms with Crippen LogP contribution in [0.25, 0.3) is 6.08 Å². The van der Waals surface area contributed by atoms with E-state index in [1.807, 2.05) is 6.07 Å². The third kappa shape index (κ3) is 3.34. The number of benzene rings is 2. The van der Waals surface area contributed by atoms with Crippen LogP contribution in [0.15, 0.2) is 47.4 Å². The Morgan fingerprint density at radius 3 is 2.60 bits per heavy atom. The molecule has 0 unspecified atom stereocenters. The minimum absolute atomic E-state index is 0.0204. The topological polar surface area (TPSA) is 102 Å². The molecule has 1 saturated heterocycles. The van der Waals surface area contributed by atoms with Crippen molar-refractivity contribution in [2.24, 2.45) is 0 Å². The van der Waals surface area contributed by atoms with Gasteiger partial charge in [-0.15, -0.1) is 0 Å². The largest absolute Gasteiger partial charge is 0.504 e. The number of amides is 2. The smallest absolute Gasteiger partial charge is 0.293 e. The number of hydrogen-bond donors (Lipinski definition) is 2. The second-order valence-electron chi connectivity index (χ2n) is 5.28. The molecule has 124 valence electrons. The maximum atomic E-state index is 12.5. The standard InChI is InChI=1S/C18H12N2O4S/c19-9-12-3-1-2-4-13(12)10-20-17(23)16(25-18(20)24)8-11-5-6-14(21)15(22)7-11/h1-8,21-22H,10H2/b16-8+. The Kier molecular flexibility index (Phi) is 4.46. The monoisotopic (exact) mass is 352 g/mol. The highest BCUT2D eigenvalue weighted by Gasteiger charge is 2.35. The molecule has 1 heterocycles. The molecule has 0 spiro atoms. The number of rotatable bonds is 3. The predicted octanol–water partition coefficient (Wildman–Crippen LogP) is 3.21. The van der Waals surface area contributed by atoms with Crippen molar-refractivity contribution in [2.75, 3.05) is 0 Å². The molecule has 6 nitrogen and oxygen atoms in total. The summed E-state index contributed by atoms with van der Waals surface area (Å²) in [5.41, 5.74) is 1.49. The number of phenolic OH excluding ortho intramolecular Hbond substituents is 2. The van der Waals surface area contributed by atoms with E-state index in [-0.39, 0.29) is 22.9 Å². The number of imide groups is 1.